The van der Waals surface area contributed by atoms with Crippen molar-refractivity contribution < 1.29 is 4.74 Å². The zero-order chi connectivity index (χ0) is 7.66. The summed E-state index contributed by atoms with van der Waals surface area (Å²) in [4.78, 5) is 0. The van der Waals surface area contributed by atoms with Gasteiger partial charge in [0.25, 0.3) is 0 Å². The van der Waals surface area contributed by atoms with Crippen LogP contribution in [0, 0.1) is 0 Å². The summed E-state index contributed by atoms with van der Waals surface area (Å²) in [7, 11) is 1.72. The van der Waals surface area contributed by atoms with Crippen LogP contribution in [0.4, 0.5) is 0 Å². The van der Waals surface area contributed by atoms with Crippen LogP contribution in [0.1, 0.15) is 0 Å². The highest BCUT2D eigenvalue weighted by Gasteiger charge is 1.82. The number of hydrogen-bond acceptors (Lipinski definition) is 3. The fraction of sp³-hybridized carbons (Fsp3) is 0.714. The normalized spacial score (nSPS) is 11.0. The lowest BCUT2D eigenvalue weighted by molar-refractivity contribution is 0.218. The maximum Gasteiger partial charge on any atom is 0.0553 e. The van der Waals surface area contributed by atoms with Crippen LogP contribution in [0.2, 0.25) is 0 Å². The molecule has 0 saturated carbocycles. The van der Waals surface area contributed by atoms with E-state index >= 15 is 0 Å². The Bertz CT molecular complexity index is 85.7. The van der Waals surface area contributed by atoms with E-state index in [9.17, 15) is 0 Å². The monoisotopic (exact) mass is 161 g/mol. The molecule has 60 valence electrons. The minimum Gasteiger partial charge on any atom is -0.384 e. The van der Waals surface area contributed by atoms with Crippen molar-refractivity contribution in [3.8, 4) is 0 Å². The Hall–Kier alpha value is 0.01000. The lowest BCUT2D eigenvalue weighted by Crippen LogP contribution is -1.94. The molecular weight excluding hydrogens is 146 g/mol. The largest absolute Gasteiger partial charge is 0.384 e. The average Bonchev–Trinajstić information content (AvgIpc) is 1.97. The predicted octanol–water partition coefficient (Wildman–Crippen LogP) is 0.881. The first-order valence-corrected chi connectivity index (χ1v) is 4.49. The number of nitrogens with two attached hydrogens (primary N) is 1. The maximum atomic E-state index is 5.25. The quantitative estimate of drug-likeness (QED) is 0.464. The first-order chi connectivity index (χ1) is 4.91. The third-order valence-electron chi connectivity index (χ3n) is 0.949. The fourth-order valence-electron chi connectivity index (χ4n) is 0.458. The topological polar surface area (TPSA) is 35.2 Å². The average molecular weight is 161 g/mol. The Kier molecular flexibility index (Phi) is 9.02. The van der Waals surface area contributed by atoms with Gasteiger partial charge in [-0.15, -0.1) is 0 Å². The lowest BCUT2D eigenvalue weighted by atomic mass is 10.5. The van der Waals surface area contributed by atoms with Gasteiger partial charge in [0, 0.05) is 25.2 Å². The van der Waals surface area contributed by atoms with Gasteiger partial charge in [0.15, 0.2) is 0 Å². The summed E-state index contributed by atoms with van der Waals surface area (Å²) < 4.78 is 4.88. The van der Waals surface area contributed by atoms with Crippen molar-refractivity contribution in [1.82, 2.24) is 0 Å². The molecule has 0 spiro atoms. The van der Waals surface area contributed by atoms with Crippen molar-refractivity contribution >= 4 is 11.8 Å². The van der Waals surface area contributed by atoms with Gasteiger partial charge in [0.1, 0.15) is 0 Å². The summed E-state index contributed by atoms with van der Waals surface area (Å²) in [6.45, 7) is 1.48. The molecule has 0 amide bonds. The van der Waals surface area contributed by atoms with Crippen LogP contribution in [-0.2, 0) is 4.74 Å². The summed E-state index contributed by atoms with van der Waals surface area (Å²) >= 11 is 1.85. The highest BCUT2D eigenvalue weighted by Crippen LogP contribution is 1.98. The highest BCUT2D eigenvalue weighted by molar-refractivity contribution is 7.99. The molecule has 0 fully saturated rings. The molecule has 10 heavy (non-hydrogen) atoms. The maximum absolute atomic E-state index is 5.25. The van der Waals surface area contributed by atoms with Crippen molar-refractivity contribution in [1.29, 1.82) is 0 Å². The summed E-state index contributed by atoms with van der Waals surface area (Å²) in [5, 5.41) is 0. The van der Waals surface area contributed by atoms with Gasteiger partial charge in [-0.05, 0) is 0 Å². The molecular formula is C7H15NOS. The van der Waals surface area contributed by atoms with Gasteiger partial charge >= 0.3 is 0 Å². The Morgan fingerprint density at radius 2 is 2.30 bits per heavy atom. The Balaban J connectivity index is 2.83. The Morgan fingerprint density at radius 1 is 1.50 bits per heavy atom. The van der Waals surface area contributed by atoms with Crippen LogP contribution < -0.4 is 5.73 Å². The van der Waals surface area contributed by atoms with Crippen LogP contribution in [0.3, 0.4) is 0 Å². The van der Waals surface area contributed by atoms with Crippen LogP contribution in [0.15, 0.2) is 12.2 Å². The van der Waals surface area contributed by atoms with E-state index in [1.807, 2.05) is 17.8 Å². The third kappa shape index (κ3) is 8.01. The smallest absolute Gasteiger partial charge is 0.0553 e. The summed E-state index contributed by atoms with van der Waals surface area (Å²) in [5.74, 6) is 2.10. The molecule has 0 unspecified atom stereocenters. The van der Waals surface area contributed by atoms with Gasteiger partial charge < -0.3 is 10.5 Å². The molecule has 0 aliphatic rings. The highest BCUT2D eigenvalue weighted by atomic mass is 32.2. The predicted molar refractivity (Wildman–Crippen MR) is 47.4 cm³/mol. The second-order valence-electron chi connectivity index (χ2n) is 1.77. The molecule has 0 aliphatic heterocycles. The first-order valence-electron chi connectivity index (χ1n) is 3.33. The first kappa shape index (κ1) is 10.0. The zero-order valence-corrected chi connectivity index (χ0v) is 7.19. The molecule has 2 nitrogen and oxygen atoms in total. The Morgan fingerprint density at radius 3 is 2.90 bits per heavy atom. The van der Waals surface area contributed by atoms with Crippen molar-refractivity contribution in [2.75, 3.05) is 31.8 Å². The second kappa shape index (κ2) is 9.01. The van der Waals surface area contributed by atoms with Crippen LogP contribution >= 0.6 is 11.8 Å². The van der Waals surface area contributed by atoms with Crippen LogP contribution in [0.25, 0.3) is 0 Å². The number of ether oxygens (including phenoxy) is 1. The number of methoxy groups -OCH3 is 1. The number of thioether (sulfide) groups is 1. The number of hydrogen-bond donors (Lipinski definition) is 1. The molecule has 0 saturated heterocycles. The molecule has 3 heteroatoms. The van der Waals surface area contributed by atoms with Gasteiger partial charge in [-0.2, -0.15) is 11.8 Å². The zero-order valence-electron chi connectivity index (χ0n) is 6.38. The molecule has 0 aromatic rings. The molecule has 0 aromatic carbocycles. The molecule has 0 bridgehead atoms. The minimum absolute atomic E-state index is 0.644. The SMILES string of the molecule is COCCSC/C=C/CN. The van der Waals surface area contributed by atoms with E-state index in [4.69, 9.17) is 10.5 Å². The molecule has 0 heterocycles. The van der Waals surface area contributed by atoms with Gasteiger partial charge in [-0.1, -0.05) is 12.2 Å². The Labute approximate surface area is 66.8 Å². The van der Waals surface area contributed by atoms with E-state index in [1.54, 1.807) is 7.11 Å². The third-order valence-corrected chi connectivity index (χ3v) is 1.83. The molecule has 0 aliphatic carbocycles. The number of rotatable bonds is 6. The molecule has 0 atom stereocenters. The van der Waals surface area contributed by atoms with E-state index in [1.165, 1.54) is 0 Å². The van der Waals surface area contributed by atoms with E-state index in [-0.39, 0.29) is 0 Å². The van der Waals surface area contributed by atoms with Gasteiger partial charge in [0.2, 0.25) is 0 Å². The van der Waals surface area contributed by atoms with Gasteiger partial charge in [-0.3, -0.25) is 0 Å². The minimum atomic E-state index is 0.644. The molecule has 0 radical (unpaired) electrons. The molecule has 0 aromatic heterocycles. The summed E-state index contributed by atoms with van der Waals surface area (Å²) in [5.41, 5.74) is 5.25. The van der Waals surface area contributed by atoms with Crippen LogP contribution in [-0.4, -0.2) is 31.8 Å². The molecule has 0 rings (SSSR count). The van der Waals surface area contributed by atoms with Crippen molar-refractivity contribution in [3.05, 3.63) is 12.2 Å². The van der Waals surface area contributed by atoms with Crippen LogP contribution in [0.5, 0.6) is 0 Å². The van der Waals surface area contributed by atoms with E-state index in [0.29, 0.717) is 6.54 Å². The van der Waals surface area contributed by atoms with E-state index in [0.717, 1.165) is 18.1 Å². The van der Waals surface area contributed by atoms with Gasteiger partial charge in [0.05, 0.1) is 6.61 Å². The summed E-state index contributed by atoms with van der Waals surface area (Å²) in [6, 6.07) is 0. The fourth-order valence-corrected chi connectivity index (χ4v) is 1.18. The lowest BCUT2D eigenvalue weighted by Gasteiger charge is -1.94. The van der Waals surface area contributed by atoms with E-state index < -0.39 is 0 Å². The van der Waals surface area contributed by atoms with Crippen molar-refractivity contribution in [2.45, 2.75) is 0 Å². The summed E-state index contributed by atoms with van der Waals surface area (Å²) in [6.07, 6.45) is 4.06. The molecule has 2 N–H and O–H groups in total. The van der Waals surface area contributed by atoms with Gasteiger partial charge in [-0.25, -0.2) is 0 Å². The van der Waals surface area contributed by atoms with Crippen molar-refractivity contribution in [3.63, 3.8) is 0 Å². The standard InChI is InChI=1S/C7H15NOS/c1-9-5-7-10-6-3-2-4-8/h2-3H,4-8H2,1H3/b3-2+. The van der Waals surface area contributed by atoms with E-state index in [2.05, 4.69) is 6.08 Å². The second-order valence-corrected chi connectivity index (χ2v) is 2.92. The van der Waals surface area contributed by atoms with Crippen molar-refractivity contribution in [2.24, 2.45) is 5.73 Å².